The van der Waals surface area contributed by atoms with Crippen LogP contribution in [0.5, 0.6) is 5.75 Å². The number of ether oxygens (including phenoxy) is 3. The number of methoxy groups -OCH3 is 2. The number of hydrogen-bond donors (Lipinski definition) is 0. The Morgan fingerprint density at radius 2 is 1.90 bits per heavy atom. The molecule has 158 valence electrons. The summed E-state index contributed by atoms with van der Waals surface area (Å²) in [4.78, 5) is 26.4. The quantitative estimate of drug-likeness (QED) is 0.306. The molecule has 1 amide bonds. The first-order valence-electron chi connectivity index (χ1n) is 9.16. The molecule has 1 heterocycles. The molecule has 0 aliphatic rings. The summed E-state index contributed by atoms with van der Waals surface area (Å²) in [5, 5.41) is 0. The molecule has 0 spiro atoms. The van der Waals surface area contributed by atoms with Crippen molar-refractivity contribution in [1.82, 2.24) is 4.57 Å². The lowest BCUT2D eigenvalue weighted by Gasteiger charge is -2.25. The standard InChI is InChI=1S/C20H27BrN2O5Si/c1-26-16-6-7-18(17(21)12-16)23(14-28-10-11-29(3,4)5)19(24)15-8-9-22(13-15)20(25)27-2/h6-9,12-13H,10-11,14H2,1-5H3. The van der Waals surface area contributed by atoms with E-state index < -0.39 is 14.2 Å². The van der Waals surface area contributed by atoms with Crippen molar-refractivity contribution < 1.29 is 23.8 Å². The Balaban J connectivity index is 2.27. The molecule has 1 aromatic carbocycles. The summed E-state index contributed by atoms with van der Waals surface area (Å²) in [5.41, 5.74) is 1.00. The average molecular weight is 483 g/mol. The largest absolute Gasteiger partial charge is 0.497 e. The summed E-state index contributed by atoms with van der Waals surface area (Å²) < 4.78 is 17.7. The first-order valence-corrected chi connectivity index (χ1v) is 13.7. The van der Waals surface area contributed by atoms with Crippen molar-refractivity contribution in [3.05, 3.63) is 46.7 Å². The van der Waals surface area contributed by atoms with Gasteiger partial charge in [0.2, 0.25) is 0 Å². The second-order valence-corrected chi connectivity index (χ2v) is 14.2. The van der Waals surface area contributed by atoms with Crippen LogP contribution in [0.2, 0.25) is 25.7 Å². The number of nitrogens with zero attached hydrogens (tertiary/aromatic N) is 2. The maximum atomic E-state index is 13.2. The lowest BCUT2D eigenvalue weighted by molar-refractivity contribution is 0.0900. The summed E-state index contributed by atoms with van der Waals surface area (Å²) in [6, 6.07) is 7.93. The van der Waals surface area contributed by atoms with Crippen molar-refractivity contribution in [1.29, 1.82) is 0 Å². The summed E-state index contributed by atoms with van der Waals surface area (Å²) in [7, 11) is 1.63. The van der Waals surface area contributed by atoms with Crippen molar-refractivity contribution in [2.24, 2.45) is 0 Å². The molecule has 2 rings (SSSR count). The second-order valence-electron chi connectivity index (χ2n) is 7.68. The van der Waals surface area contributed by atoms with E-state index in [9.17, 15) is 9.59 Å². The number of halogens is 1. The van der Waals surface area contributed by atoms with E-state index >= 15 is 0 Å². The van der Waals surface area contributed by atoms with Crippen LogP contribution in [0, 0.1) is 0 Å². The molecule has 7 nitrogen and oxygen atoms in total. The number of aromatic nitrogens is 1. The normalized spacial score (nSPS) is 11.2. The monoisotopic (exact) mass is 482 g/mol. The molecule has 2 aromatic rings. The van der Waals surface area contributed by atoms with E-state index in [-0.39, 0.29) is 12.6 Å². The van der Waals surface area contributed by atoms with Gasteiger partial charge in [-0.3, -0.25) is 14.3 Å². The number of anilines is 1. The molecule has 0 atom stereocenters. The molecule has 0 aliphatic heterocycles. The highest BCUT2D eigenvalue weighted by Crippen LogP contribution is 2.31. The number of amides is 1. The molecular formula is C20H27BrN2O5Si. The number of benzene rings is 1. The van der Waals surface area contributed by atoms with Gasteiger partial charge in [0.15, 0.2) is 0 Å². The zero-order valence-corrected chi connectivity index (χ0v) is 20.0. The van der Waals surface area contributed by atoms with Crippen molar-refractivity contribution >= 4 is 41.7 Å². The van der Waals surface area contributed by atoms with Gasteiger partial charge in [0.25, 0.3) is 5.91 Å². The summed E-state index contributed by atoms with van der Waals surface area (Å²) in [6.45, 7) is 7.49. The Morgan fingerprint density at radius 1 is 1.17 bits per heavy atom. The van der Waals surface area contributed by atoms with Crippen LogP contribution in [0.15, 0.2) is 41.1 Å². The average Bonchev–Trinajstić information content (AvgIpc) is 3.17. The fraction of sp³-hybridized carbons (Fsp3) is 0.400. The molecule has 1 aromatic heterocycles. The van der Waals surface area contributed by atoms with Gasteiger partial charge in [-0.15, -0.1) is 0 Å². The van der Waals surface area contributed by atoms with Crippen LogP contribution in [-0.2, 0) is 9.47 Å². The van der Waals surface area contributed by atoms with Gasteiger partial charge in [-0.25, -0.2) is 4.79 Å². The molecule has 0 aliphatic carbocycles. The highest BCUT2D eigenvalue weighted by atomic mass is 79.9. The molecule has 0 fully saturated rings. The van der Waals surface area contributed by atoms with E-state index in [1.165, 1.54) is 29.0 Å². The van der Waals surface area contributed by atoms with Gasteiger partial charge in [-0.2, -0.15) is 0 Å². The van der Waals surface area contributed by atoms with Crippen LogP contribution >= 0.6 is 15.9 Å². The fourth-order valence-corrected chi connectivity index (χ4v) is 3.83. The first kappa shape index (κ1) is 23.2. The highest BCUT2D eigenvalue weighted by Gasteiger charge is 2.23. The number of carbonyl (C=O) groups is 2. The fourth-order valence-electron chi connectivity index (χ4n) is 2.50. The van der Waals surface area contributed by atoms with Crippen molar-refractivity contribution in [2.45, 2.75) is 25.7 Å². The molecule has 0 N–H and O–H groups in total. The van der Waals surface area contributed by atoms with Crippen LogP contribution in [0.4, 0.5) is 10.5 Å². The summed E-state index contributed by atoms with van der Waals surface area (Å²) in [6.07, 6.45) is 2.38. The Morgan fingerprint density at radius 3 is 2.48 bits per heavy atom. The number of hydrogen-bond acceptors (Lipinski definition) is 5. The van der Waals surface area contributed by atoms with Gasteiger partial charge in [-0.05, 0) is 46.2 Å². The van der Waals surface area contributed by atoms with E-state index in [1.54, 1.807) is 31.4 Å². The minimum absolute atomic E-state index is 0.0949. The molecule has 0 unspecified atom stereocenters. The SMILES string of the molecule is COC(=O)n1ccc(C(=O)N(COCC[Si](C)(C)C)c2ccc(OC)cc2Br)c1. The maximum Gasteiger partial charge on any atom is 0.417 e. The first-order chi connectivity index (χ1) is 13.7. The molecule has 29 heavy (non-hydrogen) atoms. The molecule has 9 heteroatoms. The van der Waals surface area contributed by atoms with E-state index in [4.69, 9.17) is 9.47 Å². The van der Waals surface area contributed by atoms with Crippen molar-refractivity contribution in [2.75, 3.05) is 32.5 Å². The molecular weight excluding hydrogens is 456 g/mol. The van der Waals surface area contributed by atoms with Gasteiger partial charge in [0.1, 0.15) is 12.5 Å². The lowest BCUT2D eigenvalue weighted by atomic mass is 10.2. The van der Waals surface area contributed by atoms with Crippen LogP contribution in [-0.4, -0.2) is 52.2 Å². The summed E-state index contributed by atoms with van der Waals surface area (Å²) >= 11 is 3.51. The van der Waals surface area contributed by atoms with Gasteiger partial charge in [0.05, 0.1) is 25.5 Å². The molecule has 0 radical (unpaired) electrons. The van der Waals surface area contributed by atoms with E-state index in [0.717, 1.165) is 6.04 Å². The second kappa shape index (κ2) is 10.1. The Hall–Kier alpha value is -2.10. The van der Waals surface area contributed by atoms with Crippen LogP contribution in [0.25, 0.3) is 0 Å². The maximum absolute atomic E-state index is 13.2. The predicted molar refractivity (Wildman–Crippen MR) is 119 cm³/mol. The van der Waals surface area contributed by atoms with Gasteiger partial charge in [0, 0.05) is 31.5 Å². The minimum atomic E-state index is -1.25. The van der Waals surface area contributed by atoms with Gasteiger partial charge >= 0.3 is 6.09 Å². The Bertz CT molecular complexity index is 863. The van der Waals surface area contributed by atoms with E-state index in [1.807, 2.05) is 0 Å². The molecule has 0 saturated carbocycles. The molecule has 0 bridgehead atoms. The Kier molecular flexibility index (Phi) is 8.06. The highest BCUT2D eigenvalue weighted by molar-refractivity contribution is 9.10. The zero-order chi connectivity index (χ0) is 21.6. The van der Waals surface area contributed by atoms with Crippen molar-refractivity contribution in [3.8, 4) is 5.75 Å². The number of rotatable bonds is 8. The third-order valence-electron chi connectivity index (χ3n) is 4.23. The Labute approximate surface area is 180 Å². The van der Waals surface area contributed by atoms with Gasteiger partial charge in [-0.1, -0.05) is 19.6 Å². The van der Waals surface area contributed by atoms with Crippen LogP contribution in [0.3, 0.4) is 0 Å². The number of carbonyl (C=O) groups excluding carboxylic acids is 2. The minimum Gasteiger partial charge on any atom is -0.497 e. The van der Waals surface area contributed by atoms with E-state index in [0.29, 0.717) is 28.1 Å². The molecule has 0 saturated heterocycles. The smallest absolute Gasteiger partial charge is 0.417 e. The van der Waals surface area contributed by atoms with Gasteiger partial charge < -0.3 is 14.2 Å². The van der Waals surface area contributed by atoms with Crippen LogP contribution < -0.4 is 9.64 Å². The third kappa shape index (κ3) is 6.45. The van der Waals surface area contributed by atoms with E-state index in [2.05, 4.69) is 40.3 Å². The topological polar surface area (TPSA) is 70.0 Å². The lowest BCUT2D eigenvalue weighted by Crippen LogP contribution is -2.34. The zero-order valence-electron chi connectivity index (χ0n) is 17.4. The third-order valence-corrected chi connectivity index (χ3v) is 6.57. The summed E-state index contributed by atoms with van der Waals surface area (Å²) in [5.74, 6) is 0.385. The van der Waals surface area contributed by atoms with Crippen molar-refractivity contribution in [3.63, 3.8) is 0 Å². The van der Waals surface area contributed by atoms with Crippen LogP contribution in [0.1, 0.15) is 10.4 Å². The predicted octanol–water partition coefficient (Wildman–Crippen LogP) is 4.83.